The van der Waals surface area contributed by atoms with Crippen LogP contribution >= 0.6 is 0 Å². The first kappa shape index (κ1) is 16.3. The van der Waals surface area contributed by atoms with E-state index in [1.165, 1.54) is 12.2 Å². The first-order valence-electron chi connectivity index (χ1n) is 6.67. The first-order chi connectivity index (χ1) is 9.58. The molecule has 5 heteroatoms. The standard InChI is InChI=1S/C15H23NO4/c1-12(15(17)16(2)19-4)6-5-11-20-14-9-7-13(18-3)8-10-14/h7-10,12H,5-6,11H2,1-4H3. The summed E-state index contributed by atoms with van der Waals surface area (Å²) in [4.78, 5) is 16.6. The molecule has 0 heterocycles. The van der Waals surface area contributed by atoms with Gasteiger partial charge in [-0.1, -0.05) is 6.92 Å². The highest BCUT2D eigenvalue weighted by molar-refractivity contribution is 5.77. The molecule has 1 rings (SSSR count). The van der Waals surface area contributed by atoms with Crippen LogP contribution in [-0.2, 0) is 9.63 Å². The van der Waals surface area contributed by atoms with Crippen LogP contribution < -0.4 is 9.47 Å². The molecule has 0 radical (unpaired) electrons. The number of hydroxylamine groups is 2. The number of carbonyl (C=O) groups excluding carboxylic acids is 1. The summed E-state index contributed by atoms with van der Waals surface area (Å²) in [5.74, 6) is 1.52. The van der Waals surface area contributed by atoms with Gasteiger partial charge in [0.1, 0.15) is 11.5 Å². The number of benzene rings is 1. The van der Waals surface area contributed by atoms with Crippen LogP contribution in [0.25, 0.3) is 0 Å². The van der Waals surface area contributed by atoms with Crippen LogP contribution in [0.2, 0.25) is 0 Å². The summed E-state index contributed by atoms with van der Waals surface area (Å²) in [6.45, 7) is 2.48. The van der Waals surface area contributed by atoms with Gasteiger partial charge in [0.05, 0.1) is 20.8 Å². The van der Waals surface area contributed by atoms with E-state index in [-0.39, 0.29) is 11.8 Å². The Bertz CT molecular complexity index is 405. The molecule has 0 aromatic heterocycles. The van der Waals surface area contributed by atoms with E-state index in [0.29, 0.717) is 6.61 Å². The maximum Gasteiger partial charge on any atom is 0.248 e. The van der Waals surface area contributed by atoms with E-state index in [9.17, 15) is 4.79 Å². The summed E-state index contributed by atoms with van der Waals surface area (Å²) in [7, 11) is 4.73. The van der Waals surface area contributed by atoms with Gasteiger partial charge in [0, 0.05) is 13.0 Å². The van der Waals surface area contributed by atoms with Crippen LogP contribution in [0.3, 0.4) is 0 Å². The van der Waals surface area contributed by atoms with Crippen molar-refractivity contribution in [2.24, 2.45) is 5.92 Å². The second-order valence-corrected chi connectivity index (χ2v) is 4.59. The molecule has 20 heavy (non-hydrogen) atoms. The lowest BCUT2D eigenvalue weighted by molar-refractivity contribution is -0.173. The molecule has 0 aliphatic heterocycles. The second kappa shape index (κ2) is 8.43. The molecule has 1 aromatic rings. The van der Waals surface area contributed by atoms with E-state index >= 15 is 0 Å². The van der Waals surface area contributed by atoms with Crippen LogP contribution in [0.15, 0.2) is 24.3 Å². The summed E-state index contributed by atoms with van der Waals surface area (Å²) in [6, 6.07) is 7.45. The minimum atomic E-state index is -0.0700. The maximum atomic E-state index is 11.8. The van der Waals surface area contributed by atoms with Crippen molar-refractivity contribution in [2.75, 3.05) is 27.9 Å². The Morgan fingerprint density at radius 2 is 1.80 bits per heavy atom. The third-order valence-electron chi connectivity index (χ3n) is 3.12. The van der Waals surface area contributed by atoms with Crippen molar-refractivity contribution in [3.8, 4) is 11.5 Å². The molecule has 0 fully saturated rings. The largest absolute Gasteiger partial charge is 0.497 e. The van der Waals surface area contributed by atoms with Crippen LogP contribution in [0.5, 0.6) is 11.5 Å². The van der Waals surface area contributed by atoms with E-state index in [1.54, 1.807) is 14.2 Å². The predicted octanol–water partition coefficient (Wildman–Crippen LogP) is 2.51. The number of ether oxygens (including phenoxy) is 2. The van der Waals surface area contributed by atoms with Gasteiger partial charge in [0.25, 0.3) is 0 Å². The average Bonchev–Trinajstić information content (AvgIpc) is 2.50. The lowest BCUT2D eigenvalue weighted by atomic mass is 10.1. The van der Waals surface area contributed by atoms with Crippen LogP contribution in [0.1, 0.15) is 19.8 Å². The molecule has 0 spiro atoms. The van der Waals surface area contributed by atoms with Crippen molar-refractivity contribution in [1.82, 2.24) is 5.06 Å². The van der Waals surface area contributed by atoms with Crippen LogP contribution in [-0.4, -0.2) is 38.8 Å². The fraction of sp³-hybridized carbons (Fsp3) is 0.533. The van der Waals surface area contributed by atoms with Crippen molar-refractivity contribution >= 4 is 5.91 Å². The van der Waals surface area contributed by atoms with Gasteiger partial charge in [0.2, 0.25) is 5.91 Å². The van der Waals surface area contributed by atoms with Gasteiger partial charge in [0.15, 0.2) is 0 Å². The zero-order valence-electron chi connectivity index (χ0n) is 12.6. The smallest absolute Gasteiger partial charge is 0.248 e. The van der Waals surface area contributed by atoms with Crippen molar-refractivity contribution < 1.29 is 19.1 Å². The summed E-state index contributed by atoms with van der Waals surface area (Å²) >= 11 is 0. The van der Waals surface area contributed by atoms with Crippen molar-refractivity contribution in [3.63, 3.8) is 0 Å². The Hall–Kier alpha value is -1.75. The van der Waals surface area contributed by atoms with Gasteiger partial charge in [-0.25, -0.2) is 5.06 Å². The van der Waals surface area contributed by atoms with Gasteiger partial charge < -0.3 is 9.47 Å². The molecular formula is C15H23NO4. The average molecular weight is 281 g/mol. The molecule has 0 aliphatic carbocycles. The maximum absolute atomic E-state index is 11.8. The molecule has 1 amide bonds. The highest BCUT2D eigenvalue weighted by atomic mass is 16.7. The molecule has 5 nitrogen and oxygen atoms in total. The molecule has 0 N–H and O–H groups in total. The lowest BCUT2D eigenvalue weighted by Crippen LogP contribution is -2.30. The number of methoxy groups -OCH3 is 1. The third kappa shape index (κ3) is 5.09. The van der Waals surface area contributed by atoms with E-state index in [4.69, 9.17) is 14.3 Å². The first-order valence-corrected chi connectivity index (χ1v) is 6.67. The molecule has 1 unspecified atom stereocenters. The minimum absolute atomic E-state index is 0.0167. The highest BCUT2D eigenvalue weighted by Crippen LogP contribution is 2.17. The Morgan fingerprint density at radius 1 is 1.20 bits per heavy atom. The Kier molecular flexibility index (Phi) is 6.87. The lowest BCUT2D eigenvalue weighted by Gasteiger charge is -2.18. The summed E-state index contributed by atoms with van der Waals surface area (Å²) in [5.41, 5.74) is 0. The molecule has 0 saturated carbocycles. The van der Waals surface area contributed by atoms with Crippen LogP contribution in [0.4, 0.5) is 0 Å². The molecule has 1 atom stereocenters. The van der Waals surface area contributed by atoms with E-state index in [1.807, 2.05) is 31.2 Å². The van der Waals surface area contributed by atoms with Gasteiger partial charge in [-0.15, -0.1) is 0 Å². The number of hydrogen-bond acceptors (Lipinski definition) is 4. The number of nitrogens with zero attached hydrogens (tertiary/aromatic N) is 1. The quantitative estimate of drug-likeness (QED) is 0.542. The third-order valence-corrected chi connectivity index (χ3v) is 3.12. The van der Waals surface area contributed by atoms with E-state index in [0.717, 1.165) is 24.3 Å². The second-order valence-electron chi connectivity index (χ2n) is 4.59. The van der Waals surface area contributed by atoms with Gasteiger partial charge in [-0.3, -0.25) is 9.63 Å². The monoisotopic (exact) mass is 281 g/mol. The molecule has 1 aromatic carbocycles. The van der Waals surface area contributed by atoms with Crippen molar-refractivity contribution in [2.45, 2.75) is 19.8 Å². The SMILES string of the molecule is COc1ccc(OCCCC(C)C(=O)N(C)OC)cc1. The molecule has 0 aliphatic rings. The molecular weight excluding hydrogens is 258 g/mol. The summed E-state index contributed by atoms with van der Waals surface area (Å²) in [5, 5.41) is 1.26. The Morgan fingerprint density at radius 3 is 2.35 bits per heavy atom. The highest BCUT2D eigenvalue weighted by Gasteiger charge is 2.16. The summed E-state index contributed by atoms with van der Waals surface area (Å²) in [6.07, 6.45) is 1.58. The topological polar surface area (TPSA) is 48.0 Å². The summed E-state index contributed by atoms with van der Waals surface area (Å²) < 4.78 is 10.7. The normalized spacial score (nSPS) is 11.8. The zero-order chi connectivity index (χ0) is 15.0. The van der Waals surface area contributed by atoms with Gasteiger partial charge >= 0.3 is 0 Å². The van der Waals surface area contributed by atoms with Gasteiger partial charge in [-0.2, -0.15) is 0 Å². The minimum Gasteiger partial charge on any atom is -0.497 e. The number of hydrogen-bond donors (Lipinski definition) is 0. The fourth-order valence-electron chi connectivity index (χ4n) is 1.78. The van der Waals surface area contributed by atoms with Crippen molar-refractivity contribution in [3.05, 3.63) is 24.3 Å². The molecule has 0 bridgehead atoms. The Balaban J connectivity index is 2.25. The predicted molar refractivity (Wildman–Crippen MR) is 76.7 cm³/mol. The van der Waals surface area contributed by atoms with E-state index in [2.05, 4.69) is 0 Å². The van der Waals surface area contributed by atoms with Crippen LogP contribution in [0, 0.1) is 5.92 Å². The van der Waals surface area contributed by atoms with Crippen molar-refractivity contribution in [1.29, 1.82) is 0 Å². The number of rotatable bonds is 8. The number of carbonyl (C=O) groups is 1. The fourth-order valence-corrected chi connectivity index (χ4v) is 1.78. The molecule has 0 saturated heterocycles. The molecule has 112 valence electrons. The zero-order valence-corrected chi connectivity index (χ0v) is 12.6. The Labute approximate surface area is 120 Å². The number of amides is 1. The van der Waals surface area contributed by atoms with E-state index < -0.39 is 0 Å². The van der Waals surface area contributed by atoms with Gasteiger partial charge in [-0.05, 0) is 37.1 Å².